The summed E-state index contributed by atoms with van der Waals surface area (Å²) in [6.07, 6.45) is 2.29. The number of carbonyl (C=O) groups is 1. The molecule has 1 amide bonds. The van der Waals surface area contributed by atoms with Crippen molar-refractivity contribution in [2.45, 2.75) is 43.8 Å². The Bertz CT molecular complexity index is 777. The fourth-order valence-corrected chi connectivity index (χ4v) is 3.55. The van der Waals surface area contributed by atoms with Gasteiger partial charge in [0, 0.05) is 17.6 Å². The number of benzene rings is 1. The molecular formula is C18H21N5OS. The van der Waals surface area contributed by atoms with Crippen molar-refractivity contribution in [1.29, 1.82) is 5.26 Å². The van der Waals surface area contributed by atoms with Crippen LogP contribution in [0.2, 0.25) is 0 Å². The van der Waals surface area contributed by atoms with Gasteiger partial charge in [0.05, 0.1) is 11.8 Å². The summed E-state index contributed by atoms with van der Waals surface area (Å²) in [5.74, 6) is 1.42. The van der Waals surface area contributed by atoms with Gasteiger partial charge >= 0.3 is 0 Å². The maximum absolute atomic E-state index is 12.6. The second kappa shape index (κ2) is 7.70. The number of anilines is 1. The summed E-state index contributed by atoms with van der Waals surface area (Å²) in [5, 5.41) is 18.4. The molecule has 6 nitrogen and oxygen atoms in total. The maximum Gasteiger partial charge on any atom is 0.238 e. The SMILES string of the molecule is CC(C)c1nnc(SCC(=O)N(CC#N)c2ccccc2)n1C1CC1. The first kappa shape index (κ1) is 17.5. The first-order valence-electron chi connectivity index (χ1n) is 8.41. The lowest BCUT2D eigenvalue weighted by Gasteiger charge is -2.19. The van der Waals surface area contributed by atoms with Crippen LogP contribution in [0.4, 0.5) is 5.69 Å². The van der Waals surface area contributed by atoms with Gasteiger partial charge < -0.3 is 4.57 Å². The molecule has 0 spiro atoms. The largest absolute Gasteiger partial charge is 0.303 e. The third kappa shape index (κ3) is 4.02. The molecule has 1 aliphatic rings. The predicted molar refractivity (Wildman–Crippen MR) is 97.5 cm³/mol. The predicted octanol–water partition coefficient (Wildman–Crippen LogP) is 3.39. The van der Waals surface area contributed by atoms with Gasteiger partial charge in [-0.15, -0.1) is 10.2 Å². The van der Waals surface area contributed by atoms with Gasteiger partial charge in [-0.1, -0.05) is 43.8 Å². The molecule has 0 atom stereocenters. The smallest absolute Gasteiger partial charge is 0.238 e. The van der Waals surface area contributed by atoms with Crippen molar-refractivity contribution < 1.29 is 4.79 Å². The van der Waals surface area contributed by atoms with E-state index < -0.39 is 0 Å². The Morgan fingerprint density at radius 3 is 2.68 bits per heavy atom. The van der Waals surface area contributed by atoms with Gasteiger partial charge in [-0.2, -0.15) is 5.26 Å². The molecule has 0 aliphatic heterocycles. The Hall–Kier alpha value is -2.33. The molecule has 130 valence electrons. The fraction of sp³-hybridized carbons (Fsp3) is 0.444. The third-order valence-electron chi connectivity index (χ3n) is 4.04. The second-order valence-electron chi connectivity index (χ2n) is 6.36. The van der Waals surface area contributed by atoms with Gasteiger partial charge in [0.25, 0.3) is 0 Å². The van der Waals surface area contributed by atoms with E-state index in [1.54, 1.807) is 0 Å². The molecule has 1 heterocycles. The number of hydrogen-bond acceptors (Lipinski definition) is 5. The highest BCUT2D eigenvalue weighted by molar-refractivity contribution is 7.99. The average molecular weight is 355 g/mol. The zero-order chi connectivity index (χ0) is 17.8. The topological polar surface area (TPSA) is 74.8 Å². The minimum absolute atomic E-state index is 0.0377. The van der Waals surface area contributed by atoms with E-state index in [1.165, 1.54) is 16.7 Å². The van der Waals surface area contributed by atoms with Gasteiger partial charge in [0.15, 0.2) is 5.16 Å². The van der Waals surface area contributed by atoms with Crippen LogP contribution in [0.15, 0.2) is 35.5 Å². The van der Waals surface area contributed by atoms with Crippen molar-refractivity contribution in [1.82, 2.24) is 14.8 Å². The van der Waals surface area contributed by atoms with Crippen LogP contribution in [0, 0.1) is 11.3 Å². The zero-order valence-electron chi connectivity index (χ0n) is 14.4. The summed E-state index contributed by atoms with van der Waals surface area (Å²) in [6, 6.07) is 11.8. The van der Waals surface area contributed by atoms with Gasteiger partial charge in [-0.3, -0.25) is 9.69 Å². The molecule has 2 aromatic rings. The molecule has 0 unspecified atom stereocenters. The number of thioether (sulfide) groups is 1. The normalized spacial score (nSPS) is 13.7. The van der Waals surface area contributed by atoms with Crippen molar-refractivity contribution in [3.8, 4) is 6.07 Å². The van der Waals surface area contributed by atoms with Crippen LogP contribution in [0.5, 0.6) is 0 Å². The lowest BCUT2D eigenvalue weighted by Crippen LogP contribution is -2.32. The van der Waals surface area contributed by atoms with Crippen molar-refractivity contribution in [2.24, 2.45) is 0 Å². The first-order valence-corrected chi connectivity index (χ1v) is 9.40. The molecular weight excluding hydrogens is 334 g/mol. The van der Waals surface area contributed by atoms with Crippen LogP contribution in [-0.4, -0.2) is 33.0 Å². The van der Waals surface area contributed by atoms with Crippen LogP contribution in [0.1, 0.15) is 44.5 Å². The molecule has 1 aromatic heterocycles. The summed E-state index contributed by atoms with van der Waals surface area (Å²) >= 11 is 1.40. The Morgan fingerprint density at radius 2 is 2.08 bits per heavy atom. The van der Waals surface area contributed by atoms with Gasteiger partial charge in [-0.25, -0.2) is 0 Å². The number of nitrogens with zero attached hydrogens (tertiary/aromatic N) is 5. The Kier molecular flexibility index (Phi) is 5.39. The van der Waals surface area contributed by atoms with E-state index in [-0.39, 0.29) is 18.2 Å². The first-order chi connectivity index (χ1) is 12.1. The molecule has 0 radical (unpaired) electrons. The molecule has 0 N–H and O–H groups in total. The lowest BCUT2D eigenvalue weighted by atomic mass is 10.2. The number of rotatable bonds is 7. The van der Waals surface area contributed by atoms with E-state index in [9.17, 15) is 4.79 Å². The summed E-state index contributed by atoms with van der Waals surface area (Å²) in [5.41, 5.74) is 0.737. The zero-order valence-corrected chi connectivity index (χ0v) is 15.2. The number of nitriles is 1. The van der Waals surface area contributed by atoms with Crippen molar-refractivity contribution in [2.75, 3.05) is 17.2 Å². The number of amides is 1. The molecule has 1 aliphatic carbocycles. The highest BCUT2D eigenvalue weighted by Gasteiger charge is 2.30. The maximum atomic E-state index is 12.6. The molecule has 0 bridgehead atoms. The molecule has 1 saturated carbocycles. The molecule has 1 fully saturated rings. The van der Waals surface area contributed by atoms with E-state index in [4.69, 9.17) is 5.26 Å². The molecule has 3 rings (SSSR count). The summed E-state index contributed by atoms with van der Waals surface area (Å²) < 4.78 is 2.18. The quantitative estimate of drug-likeness (QED) is 0.562. The molecule has 25 heavy (non-hydrogen) atoms. The lowest BCUT2D eigenvalue weighted by molar-refractivity contribution is -0.116. The van der Waals surface area contributed by atoms with Crippen LogP contribution in [0.25, 0.3) is 0 Å². The summed E-state index contributed by atoms with van der Waals surface area (Å²) in [6.45, 7) is 4.25. The number of carbonyl (C=O) groups excluding carboxylic acids is 1. The Balaban J connectivity index is 1.72. The van der Waals surface area contributed by atoms with Crippen LogP contribution in [0.3, 0.4) is 0 Å². The van der Waals surface area contributed by atoms with Gasteiger partial charge in [0.1, 0.15) is 12.4 Å². The number of para-hydroxylation sites is 1. The highest BCUT2D eigenvalue weighted by atomic mass is 32.2. The molecule has 1 aromatic carbocycles. The van der Waals surface area contributed by atoms with Crippen molar-refractivity contribution in [3.05, 3.63) is 36.2 Å². The van der Waals surface area contributed by atoms with Gasteiger partial charge in [0.2, 0.25) is 5.91 Å². The van der Waals surface area contributed by atoms with Crippen LogP contribution in [-0.2, 0) is 4.79 Å². The van der Waals surface area contributed by atoms with Crippen LogP contribution < -0.4 is 4.90 Å². The monoisotopic (exact) mass is 355 g/mol. The minimum atomic E-state index is -0.103. The standard InChI is InChI=1S/C18H21N5OS/c1-13(2)17-20-21-18(23(17)15-8-9-15)25-12-16(24)22(11-10-19)14-6-4-3-5-7-14/h3-7,13,15H,8-9,11-12H2,1-2H3. The van der Waals surface area contributed by atoms with E-state index >= 15 is 0 Å². The average Bonchev–Trinajstić information content (AvgIpc) is 3.37. The number of hydrogen-bond donors (Lipinski definition) is 0. The van der Waals surface area contributed by atoms with Crippen LogP contribution >= 0.6 is 11.8 Å². The molecule has 7 heteroatoms. The van der Waals surface area contributed by atoms with Crippen molar-refractivity contribution >= 4 is 23.4 Å². The third-order valence-corrected chi connectivity index (χ3v) is 4.97. The fourth-order valence-electron chi connectivity index (χ4n) is 2.66. The second-order valence-corrected chi connectivity index (χ2v) is 7.30. The van der Waals surface area contributed by atoms with Gasteiger partial charge in [-0.05, 0) is 25.0 Å². The summed E-state index contributed by atoms with van der Waals surface area (Å²) in [4.78, 5) is 14.1. The van der Waals surface area contributed by atoms with E-state index in [0.717, 1.165) is 29.5 Å². The Morgan fingerprint density at radius 1 is 1.36 bits per heavy atom. The number of aromatic nitrogens is 3. The van der Waals surface area contributed by atoms with E-state index in [1.807, 2.05) is 30.3 Å². The summed E-state index contributed by atoms with van der Waals surface area (Å²) in [7, 11) is 0. The van der Waals surface area contributed by atoms with E-state index in [0.29, 0.717) is 12.0 Å². The van der Waals surface area contributed by atoms with Crippen molar-refractivity contribution in [3.63, 3.8) is 0 Å². The molecule has 0 saturated heterocycles. The highest BCUT2D eigenvalue weighted by Crippen LogP contribution is 2.40. The Labute approximate surface area is 151 Å². The minimum Gasteiger partial charge on any atom is -0.303 e. The van der Waals surface area contributed by atoms with E-state index in [2.05, 4.69) is 34.7 Å².